The molecule has 0 bridgehead atoms. The van der Waals surface area contributed by atoms with Gasteiger partial charge in [0.1, 0.15) is 0 Å². The summed E-state index contributed by atoms with van der Waals surface area (Å²) in [5.74, 6) is 3.15. The minimum Gasteiger partial charge on any atom is -0.0654 e. The van der Waals surface area contributed by atoms with Crippen LogP contribution in [0, 0.1) is 23.2 Å². The van der Waals surface area contributed by atoms with Gasteiger partial charge in [0.15, 0.2) is 0 Å². The Hall–Kier alpha value is 0. The molecule has 0 aromatic heterocycles. The van der Waals surface area contributed by atoms with E-state index in [2.05, 4.69) is 20.8 Å². The van der Waals surface area contributed by atoms with Gasteiger partial charge < -0.3 is 0 Å². The number of hydrogen-bond acceptors (Lipinski definition) is 0. The van der Waals surface area contributed by atoms with Crippen LogP contribution in [0.1, 0.15) is 97.8 Å². The van der Waals surface area contributed by atoms with Crippen LogP contribution in [0.2, 0.25) is 0 Å². The van der Waals surface area contributed by atoms with Crippen molar-refractivity contribution in [1.29, 1.82) is 0 Å². The summed E-state index contributed by atoms with van der Waals surface area (Å²) in [4.78, 5) is 0. The predicted molar refractivity (Wildman–Crippen MR) is 85.3 cm³/mol. The van der Waals surface area contributed by atoms with Gasteiger partial charge in [-0.25, -0.2) is 0 Å². The first-order chi connectivity index (χ1) is 9.20. The summed E-state index contributed by atoms with van der Waals surface area (Å²) in [5.41, 5.74) is 0.810. The topological polar surface area (TPSA) is 0 Å². The summed E-state index contributed by atoms with van der Waals surface area (Å²) in [7, 11) is 0. The van der Waals surface area contributed by atoms with Gasteiger partial charge in [-0.05, 0) is 55.3 Å². The first kappa shape index (κ1) is 15.4. The molecule has 0 nitrogen and oxygen atoms in total. The lowest BCUT2D eigenvalue weighted by molar-refractivity contribution is 0.266. The van der Waals surface area contributed by atoms with E-state index >= 15 is 0 Å². The molecular formula is C19H36. The van der Waals surface area contributed by atoms with Crippen molar-refractivity contribution in [3.05, 3.63) is 0 Å². The monoisotopic (exact) mass is 264 g/mol. The van der Waals surface area contributed by atoms with Crippen molar-refractivity contribution in [3.63, 3.8) is 0 Å². The molecule has 2 aliphatic rings. The van der Waals surface area contributed by atoms with Crippen LogP contribution in [0.25, 0.3) is 0 Å². The third-order valence-electron chi connectivity index (χ3n) is 6.12. The van der Waals surface area contributed by atoms with Crippen LogP contribution in [-0.2, 0) is 0 Å². The molecule has 4 atom stereocenters. The largest absolute Gasteiger partial charge is 0.0654 e. The van der Waals surface area contributed by atoms with E-state index in [9.17, 15) is 0 Å². The minimum atomic E-state index is 0.810. The normalized spacial score (nSPS) is 39.6. The van der Waals surface area contributed by atoms with E-state index in [1.54, 1.807) is 25.7 Å². The van der Waals surface area contributed by atoms with Crippen LogP contribution in [0.5, 0.6) is 0 Å². The summed E-state index contributed by atoms with van der Waals surface area (Å²) in [6, 6.07) is 0. The third-order valence-corrected chi connectivity index (χ3v) is 6.12. The van der Waals surface area contributed by atoms with Gasteiger partial charge >= 0.3 is 0 Å². The molecule has 0 aromatic carbocycles. The smallest absolute Gasteiger partial charge is 0.0266 e. The standard InChI is InChI=1S/C19H36/c1-4-6-9-17-10-7-8-16(3)14-18-15-19(18,12-5-2)13-11-17/h16-18H,4-15H2,1-3H3. The van der Waals surface area contributed by atoms with Gasteiger partial charge in [-0.2, -0.15) is 0 Å². The van der Waals surface area contributed by atoms with E-state index < -0.39 is 0 Å². The Labute approximate surface area is 121 Å². The molecule has 0 N–H and O–H groups in total. The van der Waals surface area contributed by atoms with Gasteiger partial charge in [0.05, 0.1) is 0 Å². The Morgan fingerprint density at radius 1 is 1.05 bits per heavy atom. The number of rotatable bonds is 5. The summed E-state index contributed by atoms with van der Waals surface area (Å²) in [6.45, 7) is 7.25. The van der Waals surface area contributed by atoms with Crippen molar-refractivity contribution >= 4 is 0 Å². The lowest BCUT2D eigenvalue weighted by atomic mass is 9.80. The van der Waals surface area contributed by atoms with Gasteiger partial charge in [-0.1, -0.05) is 65.7 Å². The van der Waals surface area contributed by atoms with Crippen LogP contribution >= 0.6 is 0 Å². The molecule has 2 saturated carbocycles. The summed E-state index contributed by atoms with van der Waals surface area (Å²) < 4.78 is 0. The van der Waals surface area contributed by atoms with Crippen molar-refractivity contribution in [2.24, 2.45) is 23.2 Å². The van der Waals surface area contributed by atoms with Gasteiger partial charge in [-0.15, -0.1) is 0 Å². The second-order valence-electron chi connectivity index (χ2n) is 7.83. The first-order valence-corrected chi connectivity index (χ1v) is 9.20. The zero-order valence-corrected chi connectivity index (χ0v) is 13.7. The molecule has 0 saturated heterocycles. The molecule has 0 aromatic rings. The van der Waals surface area contributed by atoms with Crippen molar-refractivity contribution in [2.75, 3.05) is 0 Å². The van der Waals surface area contributed by atoms with Gasteiger partial charge in [-0.3, -0.25) is 0 Å². The fraction of sp³-hybridized carbons (Fsp3) is 1.00. The van der Waals surface area contributed by atoms with E-state index in [4.69, 9.17) is 0 Å². The maximum Gasteiger partial charge on any atom is -0.0266 e. The summed E-state index contributed by atoms with van der Waals surface area (Å²) in [6.07, 6.45) is 18.0. The minimum absolute atomic E-state index is 0.810. The Bertz CT molecular complexity index is 257. The lowest BCUT2D eigenvalue weighted by Gasteiger charge is -2.25. The van der Waals surface area contributed by atoms with E-state index in [1.165, 1.54) is 51.4 Å². The van der Waals surface area contributed by atoms with Gasteiger partial charge in [0, 0.05) is 0 Å². The Morgan fingerprint density at radius 3 is 2.63 bits per heavy atom. The highest BCUT2D eigenvalue weighted by Crippen LogP contribution is 2.62. The van der Waals surface area contributed by atoms with Crippen molar-refractivity contribution in [3.8, 4) is 0 Å². The van der Waals surface area contributed by atoms with Crippen molar-refractivity contribution in [1.82, 2.24) is 0 Å². The Kier molecular flexibility index (Phi) is 5.78. The summed E-state index contributed by atoms with van der Waals surface area (Å²) >= 11 is 0. The van der Waals surface area contributed by atoms with Gasteiger partial charge in [0.25, 0.3) is 0 Å². The maximum absolute atomic E-state index is 2.51. The molecule has 0 radical (unpaired) electrons. The molecule has 112 valence electrons. The van der Waals surface area contributed by atoms with Crippen LogP contribution in [-0.4, -0.2) is 0 Å². The highest BCUT2D eigenvalue weighted by molar-refractivity contribution is 5.02. The molecule has 2 fully saturated rings. The molecule has 0 amide bonds. The quantitative estimate of drug-likeness (QED) is 0.525. The first-order valence-electron chi connectivity index (χ1n) is 9.20. The van der Waals surface area contributed by atoms with E-state index in [0.717, 1.165) is 23.2 Å². The zero-order valence-electron chi connectivity index (χ0n) is 13.7. The fourth-order valence-electron chi connectivity index (χ4n) is 4.78. The molecule has 4 unspecified atom stereocenters. The fourth-order valence-corrected chi connectivity index (χ4v) is 4.78. The van der Waals surface area contributed by atoms with E-state index in [1.807, 2.05) is 0 Å². The number of hydrogen-bond donors (Lipinski definition) is 0. The van der Waals surface area contributed by atoms with Crippen molar-refractivity contribution in [2.45, 2.75) is 97.8 Å². The second kappa shape index (κ2) is 7.14. The molecule has 0 aliphatic heterocycles. The average Bonchev–Trinajstić information content (AvgIpc) is 3.05. The molecule has 0 spiro atoms. The SMILES string of the molecule is CCCCC1CCCC(C)CC2CC2(CCC)CC1. The molecule has 19 heavy (non-hydrogen) atoms. The molecule has 0 heteroatoms. The van der Waals surface area contributed by atoms with E-state index in [0.29, 0.717) is 0 Å². The average molecular weight is 264 g/mol. The molecule has 2 rings (SSSR count). The predicted octanol–water partition coefficient (Wildman–Crippen LogP) is 6.59. The Balaban J connectivity index is 1.91. The number of unbranched alkanes of at least 4 members (excludes halogenated alkanes) is 1. The van der Waals surface area contributed by atoms with E-state index in [-0.39, 0.29) is 0 Å². The van der Waals surface area contributed by atoms with Crippen LogP contribution in [0.3, 0.4) is 0 Å². The van der Waals surface area contributed by atoms with Crippen LogP contribution < -0.4 is 0 Å². The number of fused-ring (bicyclic) bond motifs is 1. The lowest BCUT2D eigenvalue weighted by Crippen LogP contribution is -2.13. The van der Waals surface area contributed by atoms with Crippen molar-refractivity contribution < 1.29 is 0 Å². The third kappa shape index (κ3) is 4.23. The van der Waals surface area contributed by atoms with Gasteiger partial charge in [0.2, 0.25) is 0 Å². The molecule has 0 heterocycles. The summed E-state index contributed by atoms with van der Waals surface area (Å²) in [5, 5.41) is 0. The highest BCUT2D eigenvalue weighted by Gasteiger charge is 2.52. The zero-order chi connectivity index (χ0) is 13.7. The molecular weight excluding hydrogens is 228 g/mol. The maximum atomic E-state index is 2.51. The highest BCUT2D eigenvalue weighted by atomic mass is 14.6. The second-order valence-corrected chi connectivity index (χ2v) is 7.83. The van der Waals surface area contributed by atoms with Crippen LogP contribution in [0.15, 0.2) is 0 Å². The Morgan fingerprint density at radius 2 is 1.89 bits per heavy atom. The van der Waals surface area contributed by atoms with Crippen LogP contribution in [0.4, 0.5) is 0 Å². The molecule has 2 aliphatic carbocycles.